The third-order valence-electron chi connectivity index (χ3n) is 5.37. The van der Waals surface area contributed by atoms with E-state index >= 15 is 0 Å². The number of amides is 1. The predicted molar refractivity (Wildman–Crippen MR) is 140 cm³/mol. The van der Waals surface area contributed by atoms with Crippen molar-refractivity contribution in [2.45, 2.75) is 26.7 Å². The summed E-state index contributed by atoms with van der Waals surface area (Å²) >= 11 is -0.436. The second-order valence-electron chi connectivity index (χ2n) is 7.45. The first-order valence-corrected chi connectivity index (χ1v) is 12.9. The normalized spacial score (nSPS) is 13.5. The summed E-state index contributed by atoms with van der Waals surface area (Å²) in [4.78, 5) is 26.8. The van der Waals surface area contributed by atoms with E-state index in [1.165, 1.54) is 20.6 Å². The molecule has 1 amide bonds. The Morgan fingerprint density at radius 3 is 2.78 bits per heavy atom. The van der Waals surface area contributed by atoms with Crippen LogP contribution in [0.2, 0.25) is 0 Å². The second-order valence-corrected chi connectivity index (χ2v) is 10.3. The van der Waals surface area contributed by atoms with Crippen molar-refractivity contribution in [3.63, 3.8) is 0 Å². The van der Waals surface area contributed by atoms with E-state index in [2.05, 4.69) is 60.3 Å². The minimum Gasteiger partial charge on any atom is -0.382 e. The number of rotatable bonds is 8. The summed E-state index contributed by atoms with van der Waals surface area (Å²) in [6, 6.07) is 8.48. The summed E-state index contributed by atoms with van der Waals surface area (Å²) in [7, 11) is 0. The van der Waals surface area contributed by atoms with Crippen LogP contribution in [0.25, 0.3) is 11.2 Å². The monoisotopic (exact) mass is 548 g/mol. The minimum absolute atomic E-state index is 0.123. The van der Waals surface area contributed by atoms with Crippen molar-refractivity contribution in [3.05, 3.63) is 41.7 Å². The zero-order valence-electron chi connectivity index (χ0n) is 18.4. The van der Waals surface area contributed by atoms with Crippen molar-refractivity contribution < 1.29 is 4.79 Å². The smallest absolute Gasteiger partial charge is 0.274 e. The van der Waals surface area contributed by atoms with Crippen LogP contribution in [-0.2, 0) is 6.42 Å². The fraction of sp³-hybridized carbons (Fsp3) is 0.364. The molecule has 9 nitrogen and oxygen atoms in total. The molecule has 0 saturated heterocycles. The highest BCUT2D eigenvalue weighted by Crippen LogP contribution is 2.39. The summed E-state index contributed by atoms with van der Waals surface area (Å²) in [6.45, 7) is 7.23. The molecule has 0 unspecified atom stereocenters. The Morgan fingerprint density at radius 2 is 2.03 bits per heavy atom. The summed E-state index contributed by atoms with van der Waals surface area (Å²) in [5.41, 5.74) is 16.8. The number of H-pyrrole nitrogens is 1. The molecule has 32 heavy (non-hydrogen) atoms. The molecule has 0 bridgehead atoms. The van der Waals surface area contributed by atoms with Crippen molar-refractivity contribution in [2.24, 2.45) is 5.73 Å². The van der Waals surface area contributed by atoms with Gasteiger partial charge in [-0.25, -0.2) is 9.97 Å². The number of anilines is 3. The second kappa shape index (κ2) is 9.82. The van der Waals surface area contributed by atoms with E-state index in [4.69, 9.17) is 11.5 Å². The summed E-state index contributed by atoms with van der Waals surface area (Å²) in [5, 5.41) is 3.03. The van der Waals surface area contributed by atoms with Gasteiger partial charge in [-0.3, -0.25) is 4.79 Å². The highest BCUT2D eigenvalue weighted by molar-refractivity contribution is 14.2. The van der Waals surface area contributed by atoms with Gasteiger partial charge in [0.25, 0.3) is 5.91 Å². The van der Waals surface area contributed by atoms with Gasteiger partial charge in [-0.05, 0) is 57.0 Å². The van der Waals surface area contributed by atoms with Crippen molar-refractivity contribution in [1.82, 2.24) is 20.3 Å². The Bertz CT molecular complexity index is 1160. The van der Waals surface area contributed by atoms with Crippen LogP contribution in [0, 0.1) is 0 Å². The standard InChI is InChI=1S/C22H29IN8O/c1-3-30-17-12-14(6-5-10-24)7-8-16(17)31(4-2)23-18(30)13-27-22(32)19-20(25)29-21-15(28-19)9-11-26-21/h7-9,11-12H,3-6,10,13,24H2,1-2H3,(H,27,32)(H3,25,26,29). The number of carbonyl (C=O) groups is 1. The Labute approximate surface area is 197 Å². The highest BCUT2D eigenvalue weighted by atomic mass is 127. The highest BCUT2D eigenvalue weighted by Gasteiger charge is 2.25. The van der Waals surface area contributed by atoms with Crippen molar-refractivity contribution in [3.8, 4) is 0 Å². The third-order valence-corrected chi connectivity index (χ3v) is 8.67. The number of nitrogens with two attached hydrogens (primary N) is 2. The lowest BCUT2D eigenvalue weighted by molar-refractivity contribution is 0.0955. The minimum atomic E-state index is -0.436. The maximum Gasteiger partial charge on any atom is 0.274 e. The summed E-state index contributed by atoms with van der Waals surface area (Å²) in [5.74, 6) is -0.186. The Hall–Kier alpha value is -2.73. The van der Waals surface area contributed by atoms with Crippen molar-refractivity contribution >= 4 is 58.9 Å². The van der Waals surface area contributed by atoms with Crippen molar-refractivity contribution in [1.29, 1.82) is 0 Å². The molecule has 10 heteroatoms. The molecule has 0 atom stereocenters. The number of aromatic nitrogens is 3. The van der Waals surface area contributed by atoms with Gasteiger partial charge < -0.3 is 29.8 Å². The lowest BCUT2D eigenvalue weighted by Crippen LogP contribution is -2.42. The number of nitrogen functional groups attached to an aromatic ring is 1. The molecule has 1 aliphatic rings. The van der Waals surface area contributed by atoms with Gasteiger partial charge in [0.1, 0.15) is 5.52 Å². The van der Waals surface area contributed by atoms with Gasteiger partial charge in [-0.1, -0.05) is 6.07 Å². The lowest BCUT2D eigenvalue weighted by atomic mass is 10.1. The van der Waals surface area contributed by atoms with Crippen LogP contribution < -0.4 is 24.8 Å². The average molecular weight is 548 g/mol. The molecule has 0 spiro atoms. The topological polar surface area (TPSA) is 129 Å². The van der Waals surface area contributed by atoms with Crippen LogP contribution in [-0.4, -0.2) is 50.7 Å². The molecule has 4 rings (SSSR count). The molecule has 0 saturated carbocycles. The largest absolute Gasteiger partial charge is 0.382 e. The number of hydrogen-bond acceptors (Lipinski definition) is 7. The Kier molecular flexibility index (Phi) is 6.89. The molecular weight excluding hydrogens is 519 g/mol. The lowest BCUT2D eigenvalue weighted by Gasteiger charge is -2.36. The predicted octanol–water partition coefficient (Wildman–Crippen LogP) is 2.54. The number of aromatic amines is 1. The van der Waals surface area contributed by atoms with Gasteiger partial charge in [-0.2, -0.15) is 0 Å². The number of halogens is 1. The molecule has 1 aromatic carbocycles. The quantitative estimate of drug-likeness (QED) is 0.252. The van der Waals surface area contributed by atoms with Crippen LogP contribution >= 0.6 is 21.0 Å². The SMILES string of the molecule is CCN1I=C(CNC(=O)c2nc3cc[nH]c3nc2N)N(CC)c2cc(CCCN)ccc21. The number of fused-ring (bicyclic) bond motifs is 2. The first-order chi connectivity index (χ1) is 15.5. The number of benzene rings is 1. The molecule has 0 fully saturated rings. The van der Waals surface area contributed by atoms with Gasteiger partial charge in [-0.15, -0.1) is 0 Å². The zero-order valence-corrected chi connectivity index (χ0v) is 20.5. The average Bonchev–Trinajstić information content (AvgIpc) is 3.26. The molecule has 1 aliphatic heterocycles. The van der Waals surface area contributed by atoms with E-state index in [0.717, 1.165) is 25.9 Å². The fourth-order valence-electron chi connectivity index (χ4n) is 3.78. The van der Waals surface area contributed by atoms with Gasteiger partial charge in [0.15, 0.2) is 17.2 Å². The zero-order chi connectivity index (χ0) is 22.7. The van der Waals surface area contributed by atoms with Gasteiger partial charge >= 0.3 is 0 Å². The number of carbonyl (C=O) groups excluding carboxylic acids is 1. The Morgan fingerprint density at radius 1 is 1.19 bits per heavy atom. The van der Waals surface area contributed by atoms with Gasteiger partial charge in [0, 0.05) is 40.3 Å². The number of hydrogen-bond donors (Lipinski definition) is 4. The molecule has 0 radical (unpaired) electrons. The third kappa shape index (κ3) is 4.42. The first kappa shape index (κ1) is 22.5. The molecule has 2 aromatic heterocycles. The number of aryl methyl sites for hydroxylation is 1. The summed E-state index contributed by atoms with van der Waals surface area (Å²) < 4.78 is 3.67. The van der Waals surface area contributed by atoms with E-state index in [1.54, 1.807) is 12.3 Å². The number of nitrogens with zero attached hydrogens (tertiary/aromatic N) is 4. The van der Waals surface area contributed by atoms with E-state index in [1.807, 2.05) is 0 Å². The van der Waals surface area contributed by atoms with Crippen LogP contribution in [0.4, 0.5) is 17.2 Å². The van der Waals surface area contributed by atoms with Crippen LogP contribution in [0.15, 0.2) is 30.5 Å². The van der Waals surface area contributed by atoms with Crippen molar-refractivity contribution in [2.75, 3.05) is 39.9 Å². The van der Waals surface area contributed by atoms with Gasteiger partial charge in [0.05, 0.1) is 21.6 Å². The van der Waals surface area contributed by atoms with E-state index in [9.17, 15) is 4.79 Å². The summed E-state index contributed by atoms with van der Waals surface area (Å²) in [6.07, 6.45) is 3.66. The van der Waals surface area contributed by atoms with Gasteiger partial charge in [0.2, 0.25) is 0 Å². The van der Waals surface area contributed by atoms with E-state index in [-0.39, 0.29) is 17.4 Å². The first-order valence-electron chi connectivity index (χ1n) is 10.8. The maximum atomic E-state index is 12.9. The molecule has 3 heterocycles. The van der Waals surface area contributed by atoms with Crippen LogP contribution in [0.3, 0.4) is 0 Å². The maximum absolute atomic E-state index is 12.9. The molecule has 3 aromatic rings. The fourth-order valence-corrected chi connectivity index (χ4v) is 6.68. The number of nitrogens with one attached hydrogen (secondary N) is 2. The van der Waals surface area contributed by atoms with E-state index < -0.39 is 21.0 Å². The number of likely N-dealkylation sites (N-methyl/N-ethyl adjacent to an activating group) is 1. The van der Waals surface area contributed by atoms with Crippen LogP contribution in [0.5, 0.6) is 0 Å². The molecule has 6 N–H and O–H groups in total. The van der Waals surface area contributed by atoms with Crippen LogP contribution in [0.1, 0.15) is 36.3 Å². The molecule has 0 aliphatic carbocycles. The molecule has 170 valence electrons. The van der Waals surface area contributed by atoms with E-state index in [0.29, 0.717) is 24.3 Å². The Balaban J connectivity index is 1.56. The molecular formula is C22H29IN8O.